The van der Waals surface area contributed by atoms with Gasteiger partial charge in [0.25, 0.3) is 0 Å². The van der Waals surface area contributed by atoms with E-state index >= 15 is 0 Å². The highest BCUT2D eigenvalue weighted by Gasteiger charge is 2.35. The summed E-state index contributed by atoms with van der Waals surface area (Å²) in [6.45, 7) is 8.73. The Labute approximate surface area is 178 Å². The zero-order chi connectivity index (χ0) is 21.4. The molecule has 0 spiro atoms. The summed E-state index contributed by atoms with van der Waals surface area (Å²) in [4.78, 5) is 28.2. The van der Waals surface area contributed by atoms with Gasteiger partial charge in [0.05, 0.1) is 6.61 Å². The molecule has 6 nitrogen and oxygen atoms in total. The van der Waals surface area contributed by atoms with Crippen molar-refractivity contribution in [3.05, 3.63) is 0 Å². The van der Waals surface area contributed by atoms with Crippen molar-refractivity contribution < 1.29 is 14.3 Å². The number of nitrogens with zero attached hydrogens (tertiary/aromatic N) is 2. The van der Waals surface area contributed by atoms with E-state index in [4.69, 9.17) is 10.5 Å². The van der Waals surface area contributed by atoms with Gasteiger partial charge in [-0.15, -0.1) is 0 Å². The van der Waals surface area contributed by atoms with Crippen molar-refractivity contribution in [2.75, 3.05) is 26.7 Å². The van der Waals surface area contributed by atoms with Crippen molar-refractivity contribution in [2.45, 2.75) is 89.5 Å². The third kappa shape index (κ3) is 8.19. The highest BCUT2D eigenvalue weighted by Crippen LogP contribution is 2.34. The molecular formula is C22H43N3O3Si. The molecular weight excluding hydrogens is 382 g/mol. The molecule has 1 saturated carbocycles. The number of hydrogen-bond donors (Lipinski definition) is 1. The molecule has 1 saturated heterocycles. The van der Waals surface area contributed by atoms with E-state index in [2.05, 4.69) is 19.6 Å². The number of piperidine rings is 1. The number of urea groups is 1. The summed E-state index contributed by atoms with van der Waals surface area (Å²) in [6, 6.07) is 0.806. The summed E-state index contributed by atoms with van der Waals surface area (Å²) >= 11 is 0. The van der Waals surface area contributed by atoms with E-state index in [0.717, 1.165) is 38.3 Å². The Hall–Kier alpha value is -1.24. The predicted octanol–water partition coefficient (Wildman–Crippen LogP) is 4.91. The Morgan fingerprint density at radius 1 is 1.10 bits per heavy atom. The second-order valence-electron chi connectivity index (χ2n) is 10.4. The number of ether oxygens (including phenoxy) is 1. The van der Waals surface area contributed by atoms with Crippen LogP contribution in [0.5, 0.6) is 0 Å². The normalized spacial score (nSPS) is 22.2. The summed E-state index contributed by atoms with van der Waals surface area (Å²) < 4.78 is 5.55. The first-order valence-corrected chi connectivity index (χ1v) is 15.3. The molecule has 0 bridgehead atoms. The molecule has 3 amide bonds. The van der Waals surface area contributed by atoms with Gasteiger partial charge in [-0.1, -0.05) is 51.7 Å². The van der Waals surface area contributed by atoms with Gasteiger partial charge >= 0.3 is 12.1 Å². The molecule has 2 atom stereocenters. The lowest BCUT2D eigenvalue weighted by atomic mass is 9.78. The van der Waals surface area contributed by atoms with E-state index in [1.807, 2.05) is 11.9 Å². The molecule has 168 valence electrons. The van der Waals surface area contributed by atoms with Crippen molar-refractivity contribution in [3.8, 4) is 0 Å². The topological polar surface area (TPSA) is 75.9 Å². The molecule has 0 aromatic heterocycles. The first kappa shape index (κ1) is 24.0. The van der Waals surface area contributed by atoms with Crippen LogP contribution in [0.2, 0.25) is 25.7 Å². The Morgan fingerprint density at radius 2 is 1.76 bits per heavy atom. The van der Waals surface area contributed by atoms with Crippen LogP contribution in [-0.2, 0) is 4.74 Å². The van der Waals surface area contributed by atoms with Crippen LogP contribution in [0.1, 0.15) is 57.8 Å². The summed E-state index contributed by atoms with van der Waals surface area (Å²) in [5, 5.41) is 0. The Morgan fingerprint density at radius 3 is 2.38 bits per heavy atom. The summed E-state index contributed by atoms with van der Waals surface area (Å²) in [5.74, 6) is 0.960. The fourth-order valence-electron chi connectivity index (χ4n) is 4.91. The fourth-order valence-corrected chi connectivity index (χ4v) is 5.62. The van der Waals surface area contributed by atoms with Gasteiger partial charge in [-0.05, 0) is 43.6 Å². The van der Waals surface area contributed by atoms with Gasteiger partial charge in [0, 0.05) is 34.3 Å². The van der Waals surface area contributed by atoms with Crippen LogP contribution in [0.3, 0.4) is 0 Å². The average Bonchev–Trinajstić information content (AvgIpc) is 2.67. The summed E-state index contributed by atoms with van der Waals surface area (Å²) in [7, 11) is 0.613. The van der Waals surface area contributed by atoms with Gasteiger partial charge in [-0.2, -0.15) is 0 Å². The van der Waals surface area contributed by atoms with Crippen LogP contribution in [0.4, 0.5) is 9.59 Å². The highest BCUT2D eigenvalue weighted by molar-refractivity contribution is 6.76. The number of carbonyl (C=O) groups is 2. The molecule has 0 aromatic rings. The van der Waals surface area contributed by atoms with Crippen LogP contribution < -0.4 is 5.73 Å². The molecule has 1 heterocycles. The molecule has 2 aliphatic rings. The lowest BCUT2D eigenvalue weighted by molar-refractivity contribution is 0.0753. The Balaban J connectivity index is 2.01. The number of carbonyl (C=O) groups excluding carboxylic acids is 2. The number of primary amides is 1. The van der Waals surface area contributed by atoms with Gasteiger partial charge in [0.1, 0.15) is 0 Å². The lowest BCUT2D eigenvalue weighted by Crippen LogP contribution is -2.52. The molecule has 0 radical (unpaired) electrons. The maximum Gasteiger partial charge on any atom is 0.409 e. The van der Waals surface area contributed by atoms with E-state index in [0.29, 0.717) is 19.1 Å². The lowest BCUT2D eigenvalue weighted by Gasteiger charge is -2.42. The number of hydrogen-bond acceptors (Lipinski definition) is 3. The maximum atomic E-state index is 12.6. The first-order valence-electron chi connectivity index (χ1n) is 11.6. The quantitative estimate of drug-likeness (QED) is 0.561. The second-order valence-corrected chi connectivity index (χ2v) is 16.0. The third-order valence-corrected chi connectivity index (χ3v) is 8.34. The van der Waals surface area contributed by atoms with Crippen LogP contribution in [0.15, 0.2) is 0 Å². The molecule has 2 fully saturated rings. The smallest absolute Gasteiger partial charge is 0.409 e. The third-order valence-electron chi connectivity index (χ3n) is 6.63. The highest BCUT2D eigenvalue weighted by atomic mass is 28.3. The Bertz CT molecular complexity index is 532. The summed E-state index contributed by atoms with van der Waals surface area (Å²) in [6.07, 6.45) is 10.4. The Kier molecular flexibility index (Phi) is 9.31. The van der Waals surface area contributed by atoms with Crippen LogP contribution in [0, 0.1) is 11.8 Å². The zero-order valence-electron chi connectivity index (χ0n) is 19.1. The predicted molar refractivity (Wildman–Crippen MR) is 121 cm³/mol. The molecule has 7 heteroatoms. The van der Waals surface area contributed by atoms with Crippen molar-refractivity contribution in [1.29, 1.82) is 0 Å². The van der Waals surface area contributed by atoms with Crippen molar-refractivity contribution in [1.82, 2.24) is 9.80 Å². The van der Waals surface area contributed by atoms with Crippen LogP contribution >= 0.6 is 0 Å². The minimum absolute atomic E-state index is 0.139. The van der Waals surface area contributed by atoms with Gasteiger partial charge in [-0.25, -0.2) is 9.59 Å². The molecule has 1 aliphatic carbocycles. The van der Waals surface area contributed by atoms with E-state index in [9.17, 15) is 9.59 Å². The van der Waals surface area contributed by atoms with Crippen LogP contribution in [0.25, 0.3) is 0 Å². The van der Waals surface area contributed by atoms with Crippen molar-refractivity contribution in [3.63, 3.8) is 0 Å². The van der Waals surface area contributed by atoms with Gasteiger partial charge in [-0.3, -0.25) is 0 Å². The molecule has 1 aliphatic heterocycles. The minimum Gasteiger partial charge on any atom is -0.450 e. The number of amides is 3. The number of nitrogens with two attached hydrogens (primary N) is 1. The van der Waals surface area contributed by atoms with E-state index < -0.39 is 8.07 Å². The molecule has 2 rings (SSSR count). The van der Waals surface area contributed by atoms with Crippen molar-refractivity contribution in [2.24, 2.45) is 17.6 Å². The molecule has 29 heavy (non-hydrogen) atoms. The van der Waals surface area contributed by atoms with E-state index in [-0.39, 0.29) is 24.1 Å². The molecule has 0 aromatic carbocycles. The zero-order valence-corrected chi connectivity index (χ0v) is 20.1. The summed E-state index contributed by atoms with van der Waals surface area (Å²) in [5.41, 5.74) is 5.71. The minimum atomic E-state index is -1.22. The van der Waals surface area contributed by atoms with Crippen LogP contribution in [-0.4, -0.2) is 62.8 Å². The van der Waals surface area contributed by atoms with E-state index in [1.54, 1.807) is 4.90 Å². The average molecular weight is 426 g/mol. The van der Waals surface area contributed by atoms with Gasteiger partial charge in [0.2, 0.25) is 0 Å². The number of likely N-dealkylation sites (tertiary alicyclic amines) is 1. The van der Waals surface area contributed by atoms with E-state index in [1.165, 1.54) is 32.1 Å². The standard InChI is InChI=1S/C22H43N3O3Si/c1-24(22(27)28-14-15-29(2,3)4)17-19(16-18-10-6-5-7-11-18)20-12-8-9-13-25(20)21(23)26/h18-20H,5-17H2,1-4H3,(H2,23,26)/t19-,20?/m0/s1. The second kappa shape index (κ2) is 11.2. The maximum absolute atomic E-state index is 12.6. The largest absolute Gasteiger partial charge is 0.450 e. The van der Waals surface area contributed by atoms with Gasteiger partial charge in [0.15, 0.2) is 0 Å². The molecule has 2 N–H and O–H groups in total. The molecule has 1 unspecified atom stereocenters. The fraction of sp³-hybridized carbons (Fsp3) is 0.909. The SMILES string of the molecule is CN(C[C@H](CC1CCCCC1)C1CCCCN1C(N)=O)C(=O)OCC[Si](C)(C)C. The first-order chi connectivity index (χ1) is 13.7. The van der Waals surface area contributed by atoms with Gasteiger partial charge < -0.3 is 20.3 Å². The van der Waals surface area contributed by atoms with Crippen molar-refractivity contribution >= 4 is 20.2 Å². The monoisotopic (exact) mass is 425 g/mol. The number of rotatable bonds is 8.